The van der Waals surface area contributed by atoms with Crippen LogP contribution in [0.1, 0.15) is 25.3 Å². The summed E-state index contributed by atoms with van der Waals surface area (Å²) in [5.41, 5.74) is 7.02. The Morgan fingerprint density at radius 2 is 1.65 bits per heavy atom. The van der Waals surface area contributed by atoms with Crippen molar-refractivity contribution in [2.75, 3.05) is 5.75 Å². The molecule has 0 spiro atoms. The largest absolute Gasteiger partial charge is 0.481 e. The molecule has 37 heavy (non-hydrogen) atoms. The number of nitrogens with one attached hydrogen (secondary N) is 4. The average Bonchev–Trinajstić information content (AvgIpc) is 3.25. The second-order valence-electron chi connectivity index (χ2n) is 8.47. The van der Waals surface area contributed by atoms with Gasteiger partial charge in [0.2, 0.25) is 17.7 Å². The normalized spacial score (nSPS) is 15.1. The summed E-state index contributed by atoms with van der Waals surface area (Å²) in [7, 11) is 0. The van der Waals surface area contributed by atoms with Crippen molar-refractivity contribution < 1.29 is 39.3 Å². The molecule has 202 valence electrons. The summed E-state index contributed by atoms with van der Waals surface area (Å²) in [4.78, 5) is 63.9. The minimum atomic E-state index is -1.52. The summed E-state index contributed by atoms with van der Waals surface area (Å²) >= 11 is 3.93. The number of para-hydroxylation sites is 1. The van der Waals surface area contributed by atoms with E-state index in [0.717, 1.165) is 10.9 Å². The molecule has 0 bridgehead atoms. The monoisotopic (exact) mass is 537 g/mol. The molecule has 14 heteroatoms. The second kappa shape index (κ2) is 13.6. The van der Waals surface area contributed by atoms with E-state index in [9.17, 15) is 34.2 Å². The molecule has 1 heterocycles. The lowest BCUT2D eigenvalue weighted by atomic mass is 10.0. The summed E-state index contributed by atoms with van der Waals surface area (Å²) in [6.07, 6.45) is -0.689. The van der Waals surface area contributed by atoms with Gasteiger partial charge < -0.3 is 42.0 Å². The van der Waals surface area contributed by atoms with Crippen molar-refractivity contribution in [1.82, 2.24) is 20.9 Å². The zero-order valence-electron chi connectivity index (χ0n) is 20.0. The number of hydrogen-bond acceptors (Lipinski definition) is 8. The fourth-order valence-electron chi connectivity index (χ4n) is 3.54. The molecule has 0 aliphatic carbocycles. The van der Waals surface area contributed by atoms with Crippen molar-refractivity contribution in [3.63, 3.8) is 0 Å². The van der Waals surface area contributed by atoms with Gasteiger partial charge in [-0.25, -0.2) is 4.79 Å². The molecule has 0 aliphatic rings. The highest BCUT2D eigenvalue weighted by atomic mass is 32.1. The lowest BCUT2D eigenvalue weighted by Gasteiger charge is -2.26. The predicted molar refractivity (Wildman–Crippen MR) is 136 cm³/mol. The van der Waals surface area contributed by atoms with Crippen molar-refractivity contribution in [3.8, 4) is 0 Å². The SMILES string of the molecule is CC(O)C(NC(=O)C(N)CS)C(=O)NC(Cc1c[nH]c2ccccc12)C(=O)NC(CCC(=O)O)C(=O)O. The van der Waals surface area contributed by atoms with E-state index >= 15 is 0 Å². The van der Waals surface area contributed by atoms with Crippen LogP contribution in [-0.4, -0.2) is 86.0 Å². The number of carboxylic acids is 2. The zero-order valence-corrected chi connectivity index (χ0v) is 20.9. The number of aromatic amines is 1. The second-order valence-corrected chi connectivity index (χ2v) is 8.84. The van der Waals surface area contributed by atoms with Crippen LogP contribution >= 0.6 is 12.6 Å². The molecule has 0 radical (unpaired) electrons. The molecule has 0 saturated heterocycles. The summed E-state index contributed by atoms with van der Waals surface area (Å²) in [6, 6.07) is 1.81. The van der Waals surface area contributed by atoms with Crippen molar-refractivity contribution >= 4 is 53.2 Å². The molecule has 0 aliphatic heterocycles. The predicted octanol–water partition coefficient (Wildman–Crippen LogP) is -1.25. The third-order valence-corrected chi connectivity index (χ3v) is 5.98. The summed E-state index contributed by atoms with van der Waals surface area (Å²) in [5.74, 6) is -5.24. The van der Waals surface area contributed by atoms with E-state index < -0.39 is 66.4 Å². The van der Waals surface area contributed by atoms with Gasteiger partial charge in [0.1, 0.15) is 18.1 Å². The maximum Gasteiger partial charge on any atom is 0.326 e. The molecule has 0 saturated carbocycles. The zero-order chi connectivity index (χ0) is 27.7. The molecule has 0 fully saturated rings. The molecule has 9 N–H and O–H groups in total. The number of amides is 3. The van der Waals surface area contributed by atoms with Gasteiger partial charge in [-0.3, -0.25) is 19.2 Å². The Balaban J connectivity index is 2.31. The number of nitrogens with two attached hydrogens (primary N) is 1. The highest BCUT2D eigenvalue weighted by Gasteiger charge is 2.33. The first-order valence-electron chi connectivity index (χ1n) is 11.4. The quantitative estimate of drug-likeness (QED) is 0.131. The van der Waals surface area contributed by atoms with Gasteiger partial charge in [-0.05, 0) is 25.0 Å². The van der Waals surface area contributed by atoms with Gasteiger partial charge in [-0.2, -0.15) is 12.6 Å². The van der Waals surface area contributed by atoms with E-state index in [1.807, 2.05) is 6.07 Å². The first-order chi connectivity index (χ1) is 17.4. The van der Waals surface area contributed by atoms with Crippen molar-refractivity contribution in [2.45, 2.75) is 56.5 Å². The average molecular weight is 538 g/mol. The molecule has 13 nitrogen and oxygen atoms in total. The van der Waals surface area contributed by atoms with Crippen LogP contribution in [0.15, 0.2) is 30.5 Å². The van der Waals surface area contributed by atoms with Crippen LogP contribution in [0, 0.1) is 0 Å². The van der Waals surface area contributed by atoms with E-state index in [1.165, 1.54) is 6.92 Å². The Hall–Kier alpha value is -3.62. The third-order valence-electron chi connectivity index (χ3n) is 5.59. The Kier molecular flexibility index (Phi) is 10.9. The number of benzene rings is 1. The summed E-state index contributed by atoms with van der Waals surface area (Å²) < 4.78 is 0. The number of carbonyl (C=O) groups is 5. The maximum absolute atomic E-state index is 13.1. The van der Waals surface area contributed by atoms with Gasteiger partial charge in [0, 0.05) is 35.7 Å². The van der Waals surface area contributed by atoms with Crippen LogP contribution in [-0.2, 0) is 30.4 Å². The standard InChI is InChI=1S/C23H31N5O8S/c1-11(29)19(28-20(32)14(24)10-37)22(34)27-17(8-12-9-25-15-5-3-2-4-13(12)15)21(33)26-16(23(35)36)6-7-18(30)31/h2-5,9,11,14,16-17,19,25,29,37H,6-8,10,24H2,1H3,(H,26,33)(H,27,34)(H,28,32)(H,30,31)(H,35,36). The molecule has 5 atom stereocenters. The molecular weight excluding hydrogens is 506 g/mol. The molecule has 5 unspecified atom stereocenters. The highest BCUT2D eigenvalue weighted by molar-refractivity contribution is 7.80. The first kappa shape index (κ1) is 29.6. The van der Waals surface area contributed by atoms with Crippen LogP contribution < -0.4 is 21.7 Å². The Morgan fingerprint density at radius 1 is 1.00 bits per heavy atom. The Labute approximate surface area is 217 Å². The minimum Gasteiger partial charge on any atom is -0.481 e. The number of aliphatic hydroxyl groups is 1. The van der Waals surface area contributed by atoms with E-state index in [4.69, 9.17) is 10.8 Å². The first-order valence-corrected chi connectivity index (χ1v) is 12.0. The molecule has 2 aromatic rings. The lowest BCUT2D eigenvalue weighted by Crippen LogP contribution is -2.60. The Morgan fingerprint density at radius 3 is 2.24 bits per heavy atom. The van der Waals surface area contributed by atoms with Gasteiger partial charge in [0.15, 0.2) is 0 Å². The number of hydrogen-bond donors (Lipinski definition) is 9. The van der Waals surface area contributed by atoms with Crippen molar-refractivity contribution in [1.29, 1.82) is 0 Å². The fraction of sp³-hybridized carbons (Fsp3) is 0.435. The number of aromatic nitrogens is 1. The van der Waals surface area contributed by atoms with Gasteiger partial charge in [0.25, 0.3) is 0 Å². The number of carboxylic acid groups (broad SMARTS) is 2. The minimum absolute atomic E-state index is 0.0154. The molecule has 1 aromatic carbocycles. The number of aliphatic hydroxyl groups excluding tert-OH is 1. The van der Waals surface area contributed by atoms with Crippen LogP contribution in [0.3, 0.4) is 0 Å². The fourth-order valence-corrected chi connectivity index (χ4v) is 3.70. The van der Waals surface area contributed by atoms with Gasteiger partial charge >= 0.3 is 11.9 Å². The molecule has 2 rings (SSSR count). The van der Waals surface area contributed by atoms with Gasteiger partial charge in [-0.1, -0.05) is 18.2 Å². The van der Waals surface area contributed by atoms with Crippen LogP contribution in [0.4, 0.5) is 0 Å². The number of carbonyl (C=O) groups excluding carboxylic acids is 3. The van der Waals surface area contributed by atoms with E-state index in [1.54, 1.807) is 24.4 Å². The lowest BCUT2D eigenvalue weighted by molar-refractivity contribution is -0.143. The maximum atomic E-state index is 13.1. The van der Waals surface area contributed by atoms with E-state index in [2.05, 4.69) is 33.6 Å². The number of aliphatic carboxylic acids is 2. The number of H-pyrrole nitrogens is 1. The van der Waals surface area contributed by atoms with Crippen molar-refractivity contribution in [3.05, 3.63) is 36.0 Å². The number of thiol groups is 1. The molecule has 1 aromatic heterocycles. The van der Waals surface area contributed by atoms with Gasteiger partial charge in [0.05, 0.1) is 12.1 Å². The number of rotatable bonds is 14. The van der Waals surface area contributed by atoms with E-state index in [0.29, 0.717) is 5.56 Å². The smallest absolute Gasteiger partial charge is 0.326 e. The molecule has 3 amide bonds. The van der Waals surface area contributed by atoms with Crippen LogP contribution in [0.25, 0.3) is 10.9 Å². The third kappa shape index (κ3) is 8.48. The Bertz CT molecular complexity index is 1140. The summed E-state index contributed by atoms with van der Waals surface area (Å²) in [6.45, 7) is 1.26. The summed E-state index contributed by atoms with van der Waals surface area (Å²) in [5, 5.41) is 36.2. The van der Waals surface area contributed by atoms with Crippen LogP contribution in [0.5, 0.6) is 0 Å². The van der Waals surface area contributed by atoms with E-state index in [-0.39, 0.29) is 18.6 Å². The topological polar surface area (TPSA) is 224 Å². The molecular formula is C23H31N5O8S. The van der Waals surface area contributed by atoms with Crippen molar-refractivity contribution in [2.24, 2.45) is 5.73 Å². The van der Waals surface area contributed by atoms with Crippen LogP contribution in [0.2, 0.25) is 0 Å². The van der Waals surface area contributed by atoms with Gasteiger partial charge in [-0.15, -0.1) is 0 Å². The number of fused-ring (bicyclic) bond motifs is 1. The highest BCUT2D eigenvalue weighted by Crippen LogP contribution is 2.19.